The van der Waals surface area contributed by atoms with Gasteiger partial charge in [0.15, 0.2) is 11.5 Å². The third-order valence-electron chi connectivity index (χ3n) is 7.55. The van der Waals surface area contributed by atoms with Gasteiger partial charge in [0, 0.05) is 18.4 Å². The quantitative estimate of drug-likeness (QED) is 0.245. The second-order valence-corrected chi connectivity index (χ2v) is 11.6. The van der Waals surface area contributed by atoms with Gasteiger partial charge in [-0.3, -0.25) is 24.8 Å². The summed E-state index contributed by atoms with van der Waals surface area (Å²) in [5, 5.41) is 15.9. The molecule has 0 bridgehead atoms. The van der Waals surface area contributed by atoms with Crippen LogP contribution in [0, 0.1) is 5.92 Å². The minimum atomic E-state index is -0.747. The lowest BCUT2D eigenvalue weighted by Crippen LogP contribution is -2.37. The molecule has 0 saturated heterocycles. The largest absolute Gasteiger partial charge is 0.493 e. The minimum absolute atomic E-state index is 0.117. The highest BCUT2D eigenvalue weighted by Gasteiger charge is 2.30. The number of nitrogens with zero attached hydrogens (tertiary/aromatic N) is 2. The van der Waals surface area contributed by atoms with Crippen LogP contribution < -0.4 is 35.6 Å². The number of fused-ring (bicyclic) bond motifs is 3. The van der Waals surface area contributed by atoms with E-state index in [9.17, 15) is 14.4 Å². The number of rotatable bonds is 11. The van der Waals surface area contributed by atoms with E-state index in [1.54, 1.807) is 20.3 Å². The molecule has 2 atom stereocenters. The first-order valence-electron chi connectivity index (χ1n) is 14.7. The van der Waals surface area contributed by atoms with Crippen LogP contribution in [0.3, 0.4) is 0 Å². The number of carbonyl (C=O) groups is 2. The van der Waals surface area contributed by atoms with Gasteiger partial charge in [0.25, 0.3) is 0 Å². The molecule has 0 spiro atoms. The maximum atomic E-state index is 13.8. The van der Waals surface area contributed by atoms with E-state index in [0.29, 0.717) is 53.5 Å². The lowest BCUT2D eigenvalue weighted by molar-refractivity contribution is -0.120. The fourth-order valence-electron chi connectivity index (χ4n) is 5.50. The van der Waals surface area contributed by atoms with Crippen LogP contribution in [-0.2, 0) is 16.0 Å². The lowest BCUT2D eigenvalue weighted by atomic mass is 9.95. The van der Waals surface area contributed by atoms with Gasteiger partial charge in [-0.15, -0.1) is 5.10 Å². The molecule has 4 rings (SSSR count). The molecule has 2 aromatic carbocycles. The summed E-state index contributed by atoms with van der Waals surface area (Å²) >= 11 is 0. The number of methoxy groups -OCH3 is 3. The number of amides is 2. The average Bonchev–Trinajstić information content (AvgIpc) is 3.32. The highest BCUT2D eigenvalue weighted by molar-refractivity contribution is 5.95. The summed E-state index contributed by atoms with van der Waals surface area (Å²) in [5.74, 6) is 1.92. The lowest BCUT2D eigenvalue weighted by Gasteiger charge is -2.20. The number of nitrogens with one attached hydrogen (secondary N) is 4. The van der Waals surface area contributed by atoms with Gasteiger partial charge in [0.05, 0.1) is 33.1 Å². The fourth-order valence-corrected chi connectivity index (χ4v) is 5.50. The zero-order valence-electron chi connectivity index (χ0n) is 26.6. The summed E-state index contributed by atoms with van der Waals surface area (Å²) in [4.78, 5) is 43.8. The number of ether oxygens (including phenoxy) is 3. The van der Waals surface area contributed by atoms with Crippen molar-refractivity contribution in [3.63, 3.8) is 0 Å². The Morgan fingerprint density at radius 1 is 1.05 bits per heavy atom. The summed E-state index contributed by atoms with van der Waals surface area (Å²) in [5.41, 5.74) is 2.91. The van der Waals surface area contributed by atoms with Crippen LogP contribution in [0.5, 0.6) is 17.2 Å². The first-order valence-corrected chi connectivity index (χ1v) is 14.7. The molecule has 1 heterocycles. The number of aromatic amines is 1. The molecule has 12 nitrogen and oxygen atoms in total. The number of benzene rings is 1. The maximum Gasteiger partial charge on any atom is 0.249 e. The number of hydrogen-bond acceptors (Lipinski definition) is 9. The van der Waals surface area contributed by atoms with Gasteiger partial charge < -0.3 is 24.8 Å². The summed E-state index contributed by atoms with van der Waals surface area (Å²) in [6, 6.07) is 5.72. The Labute approximate surface area is 257 Å². The smallest absolute Gasteiger partial charge is 0.249 e. The van der Waals surface area contributed by atoms with Gasteiger partial charge in [-0.2, -0.15) is 4.98 Å². The van der Waals surface area contributed by atoms with Gasteiger partial charge >= 0.3 is 0 Å². The number of aryl methyl sites for hydroxylation is 1. The second kappa shape index (κ2) is 13.8. The molecule has 12 heteroatoms. The molecule has 0 fully saturated rings. The Hall–Kier alpha value is -4.61. The van der Waals surface area contributed by atoms with Crippen LogP contribution in [0.2, 0.25) is 0 Å². The van der Waals surface area contributed by atoms with Crippen molar-refractivity contribution in [3.05, 3.63) is 51.4 Å². The van der Waals surface area contributed by atoms with Crippen LogP contribution in [0.1, 0.15) is 76.4 Å². The van der Waals surface area contributed by atoms with E-state index in [0.717, 1.165) is 11.1 Å². The zero-order chi connectivity index (χ0) is 32.1. The molecule has 0 saturated carbocycles. The highest BCUT2D eigenvalue weighted by atomic mass is 16.5. The topological polar surface area (TPSA) is 157 Å². The first kappa shape index (κ1) is 32.3. The van der Waals surface area contributed by atoms with Crippen LogP contribution in [0.4, 0.5) is 11.6 Å². The predicted octanol–water partition coefficient (Wildman–Crippen LogP) is 4.57. The number of carbonyl (C=O) groups excluding carboxylic acids is 2. The molecule has 44 heavy (non-hydrogen) atoms. The Morgan fingerprint density at radius 2 is 1.77 bits per heavy atom. The Morgan fingerprint density at radius 3 is 2.36 bits per heavy atom. The molecule has 1 aliphatic rings. The van der Waals surface area contributed by atoms with Crippen LogP contribution >= 0.6 is 0 Å². The molecule has 0 unspecified atom stereocenters. The van der Waals surface area contributed by atoms with E-state index < -0.39 is 12.1 Å². The highest BCUT2D eigenvalue weighted by Crippen LogP contribution is 2.50. The predicted molar refractivity (Wildman–Crippen MR) is 169 cm³/mol. The van der Waals surface area contributed by atoms with Crippen molar-refractivity contribution in [2.75, 3.05) is 32.0 Å². The molecule has 0 radical (unpaired) electrons. The number of aromatic nitrogens is 3. The van der Waals surface area contributed by atoms with Crippen molar-refractivity contribution in [2.45, 2.75) is 71.9 Å². The second-order valence-electron chi connectivity index (χ2n) is 11.6. The number of anilines is 2. The summed E-state index contributed by atoms with van der Waals surface area (Å²) in [6.45, 7) is 9.39. The van der Waals surface area contributed by atoms with Gasteiger partial charge in [-0.05, 0) is 60.1 Å². The van der Waals surface area contributed by atoms with Gasteiger partial charge in [0.2, 0.25) is 28.9 Å². The Bertz CT molecular complexity index is 1580. The summed E-state index contributed by atoms with van der Waals surface area (Å²) in [7, 11) is 4.65. The summed E-state index contributed by atoms with van der Waals surface area (Å²) < 4.78 is 17.1. The van der Waals surface area contributed by atoms with E-state index in [2.05, 4.69) is 31.1 Å². The molecule has 4 N–H and O–H groups in total. The molecular weight excluding hydrogens is 564 g/mol. The van der Waals surface area contributed by atoms with Gasteiger partial charge in [0.1, 0.15) is 11.9 Å². The van der Waals surface area contributed by atoms with Crippen molar-refractivity contribution in [3.8, 4) is 28.4 Å². The van der Waals surface area contributed by atoms with E-state index in [1.165, 1.54) is 20.1 Å². The number of H-pyrrole nitrogens is 1. The monoisotopic (exact) mass is 606 g/mol. The van der Waals surface area contributed by atoms with Crippen LogP contribution in [-0.4, -0.2) is 54.4 Å². The van der Waals surface area contributed by atoms with E-state index >= 15 is 0 Å². The third-order valence-corrected chi connectivity index (χ3v) is 7.55. The Balaban J connectivity index is 1.82. The van der Waals surface area contributed by atoms with E-state index in [4.69, 9.17) is 14.2 Å². The maximum absolute atomic E-state index is 13.8. The van der Waals surface area contributed by atoms with E-state index in [-0.39, 0.29) is 40.7 Å². The van der Waals surface area contributed by atoms with Crippen molar-refractivity contribution in [1.29, 1.82) is 0 Å². The van der Waals surface area contributed by atoms with Crippen molar-refractivity contribution >= 4 is 23.5 Å². The van der Waals surface area contributed by atoms with Crippen LogP contribution in [0.15, 0.2) is 29.1 Å². The molecule has 2 amide bonds. The third kappa shape index (κ3) is 6.95. The molecule has 236 valence electrons. The van der Waals surface area contributed by atoms with E-state index in [1.807, 2.05) is 39.8 Å². The van der Waals surface area contributed by atoms with Crippen LogP contribution in [0.25, 0.3) is 11.1 Å². The first-order chi connectivity index (χ1) is 21.0. The average molecular weight is 607 g/mol. The number of hydrogen-bond donors (Lipinski definition) is 4. The van der Waals surface area contributed by atoms with Gasteiger partial charge in [-0.1, -0.05) is 33.8 Å². The normalized spacial score (nSPS) is 14.6. The Kier molecular flexibility index (Phi) is 10.1. The SMILES string of the molecule is COc1cc2c(c(OC)c1OC)-c1ccc(N[C@H](CC(C)C)C(=O)Nc3n[nH]c(C(C)C)n3)c(=O)cc1[C@@H](NC(C)=O)CC2. The fraction of sp³-hybridized carbons (Fsp3) is 0.469. The molecule has 0 aliphatic heterocycles. The van der Waals surface area contributed by atoms with Crippen molar-refractivity contribution in [1.82, 2.24) is 20.5 Å². The molecular formula is C32H42N6O6. The minimum Gasteiger partial charge on any atom is -0.493 e. The van der Waals surface area contributed by atoms with Crippen molar-refractivity contribution in [2.24, 2.45) is 5.92 Å². The summed E-state index contributed by atoms with van der Waals surface area (Å²) in [6.07, 6.45) is 1.58. The van der Waals surface area contributed by atoms with Gasteiger partial charge in [-0.25, -0.2) is 0 Å². The molecule has 1 aromatic heterocycles. The standard InChI is InChI=1S/C32H42N6O6/c1-16(2)13-24(31(41)36-32-35-30(17(3)4)37-38-32)34-23-12-10-20-21(15-25(23)40)22(33-18(5)39)11-9-19-14-26(42-6)28(43-7)29(44-8)27(19)20/h10,12,14-17,22,24H,9,11,13H2,1-8H3,(H,33,39)(H,34,40)(H2,35,36,37,38,41)/t22-,24+/m0/s1. The van der Waals surface area contributed by atoms with Crippen molar-refractivity contribution < 1.29 is 23.8 Å². The molecule has 1 aliphatic carbocycles. The molecule has 3 aromatic rings. The zero-order valence-corrected chi connectivity index (χ0v) is 26.6.